The fourth-order valence-corrected chi connectivity index (χ4v) is 2.02. The van der Waals surface area contributed by atoms with Gasteiger partial charge in [-0.25, -0.2) is 0 Å². The number of hydrogen-bond acceptors (Lipinski definition) is 3. The van der Waals surface area contributed by atoms with Crippen LogP contribution in [0.1, 0.15) is 26.7 Å². The molecule has 0 radical (unpaired) electrons. The summed E-state index contributed by atoms with van der Waals surface area (Å²) in [6.45, 7) is 6.95. The highest BCUT2D eigenvalue weighted by Gasteiger charge is 2.21. The predicted molar refractivity (Wildman–Crippen MR) is 63.9 cm³/mol. The van der Waals surface area contributed by atoms with E-state index in [1.807, 2.05) is 13.8 Å². The number of rotatable bonds is 6. The minimum atomic E-state index is -0.0557. The van der Waals surface area contributed by atoms with Crippen molar-refractivity contribution >= 4 is 5.91 Å². The van der Waals surface area contributed by atoms with Gasteiger partial charge in [-0.15, -0.1) is 0 Å². The maximum Gasteiger partial charge on any atom is 0.224 e. The number of nitrogens with two attached hydrogens (primary N) is 1. The van der Waals surface area contributed by atoms with Gasteiger partial charge in [-0.2, -0.15) is 0 Å². The van der Waals surface area contributed by atoms with Crippen LogP contribution < -0.4 is 11.1 Å². The first-order chi connectivity index (χ1) is 7.65. The minimum Gasteiger partial charge on any atom is -0.381 e. The first kappa shape index (κ1) is 13.5. The van der Waals surface area contributed by atoms with Crippen LogP contribution in [0.3, 0.4) is 0 Å². The second kappa shape index (κ2) is 6.86. The van der Waals surface area contributed by atoms with Gasteiger partial charge < -0.3 is 15.8 Å². The highest BCUT2D eigenvalue weighted by Crippen LogP contribution is 2.15. The van der Waals surface area contributed by atoms with E-state index in [1.54, 1.807) is 0 Å². The van der Waals surface area contributed by atoms with E-state index in [4.69, 9.17) is 10.5 Å². The third kappa shape index (κ3) is 4.10. The largest absolute Gasteiger partial charge is 0.381 e. The molecule has 4 heteroatoms. The molecular formula is C12H24N2O2. The number of nitrogens with one attached hydrogen (secondary N) is 1. The second-order valence-electron chi connectivity index (χ2n) is 4.90. The Morgan fingerprint density at radius 1 is 1.56 bits per heavy atom. The zero-order chi connectivity index (χ0) is 12.0. The molecule has 1 amide bonds. The predicted octanol–water partition coefficient (Wildman–Crippen LogP) is 0.760. The molecule has 0 bridgehead atoms. The van der Waals surface area contributed by atoms with E-state index in [1.165, 1.54) is 0 Å². The van der Waals surface area contributed by atoms with Crippen molar-refractivity contribution in [1.29, 1.82) is 0 Å². The maximum atomic E-state index is 11.8. The molecule has 16 heavy (non-hydrogen) atoms. The summed E-state index contributed by atoms with van der Waals surface area (Å²) in [4.78, 5) is 11.8. The van der Waals surface area contributed by atoms with Crippen molar-refractivity contribution in [1.82, 2.24) is 5.32 Å². The van der Waals surface area contributed by atoms with Crippen LogP contribution in [0.25, 0.3) is 0 Å². The minimum absolute atomic E-state index is 0.0557. The van der Waals surface area contributed by atoms with Crippen molar-refractivity contribution in [3.05, 3.63) is 0 Å². The molecule has 0 spiro atoms. The lowest BCUT2D eigenvalue weighted by Crippen LogP contribution is -2.38. The highest BCUT2D eigenvalue weighted by molar-refractivity contribution is 5.79. The normalized spacial score (nSPS) is 22.4. The summed E-state index contributed by atoms with van der Waals surface area (Å²) in [5.74, 6) is 0.965. The molecule has 0 aliphatic carbocycles. The zero-order valence-corrected chi connectivity index (χ0v) is 10.4. The van der Waals surface area contributed by atoms with Crippen LogP contribution in [-0.2, 0) is 9.53 Å². The first-order valence-electron chi connectivity index (χ1n) is 6.20. The van der Waals surface area contributed by atoms with E-state index >= 15 is 0 Å². The smallest absolute Gasteiger partial charge is 0.224 e. The van der Waals surface area contributed by atoms with Gasteiger partial charge >= 0.3 is 0 Å². The molecule has 0 aromatic heterocycles. The van der Waals surface area contributed by atoms with Crippen molar-refractivity contribution in [2.24, 2.45) is 23.5 Å². The molecule has 1 heterocycles. The Balaban J connectivity index is 2.17. The van der Waals surface area contributed by atoms with Gasteiger partial charge in [0.05, 0.1) is 5.92 Å². The van der Waals surface area contributed by atoms with Crippen molar-refractivity contribution in [3.63, 3.8) is 0 Å². The van der Waals surface area contributed by atoms with E-state index in [9.17, 15) is 4.79 Å². The Bertz CT molecular complexity index is 213. The maximum absolute atomic E-state index is 11.8. The molecule has 1 fully saturated rings. The lowest BCUT2D eigenvalue weighted by Gasteiger charge is -2.18. The van der Waals surface area contributed by atoms with Crippen LogP contribution in [-0.4, -0.2) is 32.2 Å². The van der Waals surface area contributed by atoms with Crippen molar-refractivity contribution in [3.8, 4) is 0 Å². The molecule has 94 valence electrons. The molecule has 1 rings (SSSR count). The summed E-state index contributed by atoms with van der Waals surface area (Å²) in [6.07, 6.45) is 2.14. The van der Waals surface area contributed by atoms with Crippen LogP contribution in [0.2, 0.25) is 0 Å². The van der Waals surface area contributed by atoms with E-state index in [-0.39, 0.29) is 11.8 Å². The highest BCUT2D eigenvalue weighted by atomic mass is 16.5. The van der Waals surface area contributed by atoms with Crippen molar-refractivity contribution in [2.45, 2.75) is 26.7 Å². The number of ether oxygens (including phenoxy) is 1. The topological polar surface area (TPSA) is 64.4 Å². The fourth-order valence-electron chi connectivity index (χ4n) is 2.02. The monoisotopic (exact) mass is 228 g/mol. The summed E-state index contributed by atoms with van der Waals surface area (Å²) in [5.41, 5.74) is 5.59. The van der Waals surface area contributed by atoms with Crippen LogP contribution in [0.5, 0.6) is 0 Å². The lowest BCUT2D eigenvalue weighted by atomic mass is 9.95. The van der Waals surface area contributed by atoms with Gasteiger partial charge in [-0.1, -0.05) is 13.8 Å². The molecule has 4 nitrogen and oxygen atoms in total. The number of carbonyl (C=O) groups excluding carboxylic acids is 1. The van der Waals surface area contributed by atoms with Crippen molar-refractivity contribution < 1.29 is 9.53 Å². The van der Waals surface area contributed by atoms with E-state index < -0.39 is 0 Å². The summed E-state index contributed by atoms with van der Waals surface area (Å²) >= 11 is 0. The molecule has 3 N–H and O–H groups in total. The summed E-state index contributed by atoms with van der Waals surface area (Å²) in [7, 11) is 0. The van der Waals surface area contributed by atoms with Gasteiger partial charge in [-0.3, -0.25) is 4.79 Å². The Morgan fingerprint density at radius 3 is 2.81 bits per heavy atom. The first-order valence-corrected chi connectivity index (χ1v) is 6.20. The third-order valence-corrected chi connectivity index (χ3v) is 3.27. The Labute approximate surface area is 97.9 Å². The molecular weight excluding hydrogens is 204 g/mol. The van der Waals surface area contributed by atoms with Crippen LogP contribution in [0, 0.1) is 17.8 Å². The second-order valence-corrected chi connectivity index (χ2v) is 4.90. The molecule has 1 aliphatic heterocycles. The quantitative estimate of drug-likeness (QED) is 0.705. The molecule has 0 saturated carbocycles. The lowest BCUT2D eigenvalue weighted by molar-refractivity contribution is -0.125. The van der Waals surface area contributed by atoms with Crippen LogP contribution >= 0.6 is 0 Å². The van der Waals surface area contributed by atoms with Gasteiger partial charge in [0.2, 0.25) is 5.91 Å². The van der Waals surface area contributed by atoms with E-state index in [0.29, 0.717) is 18.4 Å². The number of amides is 1. The van der Waals surface area contributed by atoms with Gasteiger partial charge in [0, 0.05) is 26.3 Å². The Hall–Kier alpha value is -0.610. The Morgan fingerprint density at radius 2 is 2.31 bits per heavy atom. The average Bonchev–Trinajstić information content (AvgIpc) is 2.71. The molecule has 2 unspecified atom stereocenters. The molecule has 1 saturated heterocycles. The average molecular weight is 228 g/mol. The molecule has 2 atom stereocenters. The molecule has 0 aromatic rings. The SMILES string of the molecule is CC(C)C(CN)C(=O)NCCC1CCOC1. The van der Waals surface area contributed by atoms with Crippen molar-refractivity contribution in [2.75, 3.05) is 26.3 Å². The Kier molecular flexibility index (Phi) is 5.77. The van der Waals surface area contributed by atoms with Gasteiger partial charge in [0.25, 0.3) is 0 Å². The van der Waals surface area contributed by atoms with E-state index in [0.717, 1.165) is 32.6 Å². The molecule has 1 aliphatic rings. The standard InChI is InChI=1S/C12H24N2O2/c1-9(2)11(7-13)12(15)14-5-3-10-4-6-16-8-10/h9-11H,3-8,13H2,1-2H3,(H,14,15). The summed E-state index contributed by atoms with van der Waals surface area (Å²) in [5, 5.41) is 2.97. The van der Waals surface area contributed by atoms with Gasteiger partial charge in [0.15, 0.2) is 0 Å². The van der Waals surface area contributed by atoms with Gasteiger partial charge in [-0.05, 0) is 24.7 Å². The summed E-state index contributed by atoms with van der Waals surface area (Å²) < 4.78 is 5.29. The van der Waals surface area contributed by atoms with E-state index in [2.05, 4.69) is 5.32 Å². The van der Waals surface area contributed by atoms with Gasteiger partial charge in [0.1, 0.15) is 0 Å². The van der Waals surface area contributed by atoms with Crippen LogP contribution in [0.15, 0.2) is 0 Å². The number of carbonyl (C=O) groups is 1. The molecule has 0 aromatic carbocycles. The zero-order valence-electron chi connectivity index (χ0n) is 10.4. The van der Waals surface area contributed by atoms with Crippen LogP contribution in [0.4, 0.5) is 0 Å². The third-order valence-electron chi connectivity index (χ3n) is 3.27. The summed E-state index contributed by atoms with van der Waals surface area (Å²) in [6, 6.07) is 0. The fraction of sp³-hybridized carbons (Fsp3) is 0.917. The number of hydrogen-bond donors (Lipinski definition) is 2.